The first-order chi connectivity index (χ1) is 8.69. The first-order valence-electron chi connectivity index (χ1n) is 5.47. The van der Waals surface area contributed by atoms with Crippen molar-refractivity contribution in [2.45, 2.75) is 11.8 Å². The summed E-state index contributed by atoms with van der Waals surface area (Å²) in [4.78, 5) is 16.9. The van der Waals surface area contributed by atoms with Crippen LogP contribution >= 0.6 is 23.4 Å². The van der Waals surface area contributed by atoms with Crippen LogP contribution in [0.25, 0.3) is 10.9 Å². The van der Waals surface area contributed by atoms with Crippen molar-refractivity contribution in [3.63, 3.8) is 0 Å². The fraction of sp³-hybridized carbons (Fsp3) is 0.231. The van der Waals surface area contributed by atoms with E-state index in [1.807, 2.05) is 19.1 Å². The van der Waals surface area contributed by atoms with Gasteiger partial charge in [-0.25, -0.2) is 4.79 Å². The molecule has 1 aromatic heterocycles. The quantitative estimate of drug-likeness (QED) is 0.634. The maximum atomic E-state index is 11.8. The maximum absolute atomic E-state index is 11.8. The summed E-state index contributed by atoms with van der Waals surface area (Å²) in [5, 5.41) is 1.35. The molecule has 0 amide bonds. The molecular formula is C13H12ClNO2S. The average Bonchev–Trinajstić information content (AvgIpc) is 2.41. The highest BCUT2D eigenvalue weighted by atomic mass is 35.5. The van der Waals surface area contributed by atoms with E-state index in [2.05, 4.69) is 4.98 Å². The molecule has 0 unspecified atom stereocenters. The Kier molecular flexibility index (Phi) is 4.09. The minimum Gasteiger partial charge on any atom is -0.465 e. The molecule has 0 aliphatic rings. The largest absolute Gasteiger partial charge is 0.465 e. The minimum absolute atomic E-state index is 0.376. The number of halogens is 1. The molecule has 0 fully saturated rings. The Morgan fingerprint density at radius 3 is 3.00 bits per heavy atom. The number of carbonyl (C=O) groups is 1. The summed E-state index contributed by atoms with van der Waals surface area (Å²) in [5.74, 6) is 0.480. The number of pyridine rings is 1. The summed E-state index contributed by atoms with van der Waals surface area (Å²) in [6.45, 7) is 2.03. The van der Waals surface area contributed by atoms with Gasteiger partial charge in [0.2, 0.25) is 0 Å². The van der Waals surface area contributed by atoms with E-state index in [4.69, 9.17) is 16.3 Å². The predicted octanol–water partition coefficient (Wildman–Crippen LogP) is 3.79. The number of nitrogens with zero attached hydrogens (tertiary/aromatic N) is 1. The highest BCUT2D eigenvalue weighted by Crippen LogP contribution is 2.35. The Morgan fingerprint density at radius 2 is 2.33 bits per heavy atom. The van der Waals surface area contributed by atoms with E-state index in [-0.39, 0.29) is 5.97 Å². The monoisotopic (exact) mass is 281 g/mol. The van der Waals surface area contributed by atoms with Crippen LogP contribution in [0.5, 0.6) is 0 Å². The van der Waals surface area contributed by atoms with Crippen molar-refractivity contribution < 1.29 is 9.53 Å². The van der Waals surface area contributed by atoms with Crippen molar-refractivity contribution in [2.75, 3.05) is 12.9 Å². The molecule has 0 spiro atoms. The molecule has 1 aromatic carbocycles. The third-order valence-corrected chi connectivity index (χ3v) is 3.79. The average molecular weight is 282 g/mol. The van der Waals surface area contributed by atoms with Crippen molar-refractivity contribution in [3.05, 3.63) is 35.0 Å². The van der Waals surface area contributed by atoms with Crippen LogP contribution in [0.3, 0.4) is 0 Å². The number of rotatable bonds is 3. The van der Waals surface area contributed by atoms with E-state index in [1.54, 1.807) is 24.0 Å². The fourth-order valence-corrected chi connectivity index (χ4v) is 2.91. The van der Waals surface area contributed by atoms with Crippen molar-refractivity contribution in [1.82, 2.24) is 4.98 Å². The van der Waals surface area contributed by atoms with Gasteiger partial charge >= 0.3 is 5.97 Å². The molecule has 94 valence electrons. The molecule has 0 N–H and O–H groups in total. The van der Waals surface area contributed by atoms with Gasteiger partial charge in [0.05, 0.1) is 23.2 Å². The van der Waals surface area contributed by atoms with E-state index in [0.29, 0.717) is 16.1 Å². The molecule has 0 radical (unpaired) electrons. The van der Waals surface area contributed by atoms with E-state index in [1.165, 1.54) is 7.11 Å². The molecule has 1 heterocycles. The van der Waals surface area contributed by atoms with Crippen LogP contribution < -0.4 is 0 Å². The summed E-state index contributed by atoms with van der Waals surface area (Å²) in [5.41, 5.74) is 1.21. The molecule has 0 bridgehead atoms. The number of aromatic nitrogens is 1. The number of thioether (sulfide) groups is 1. The number of hydrogen-bond donors (Lipinski definition) is 0. The van der Waals surface area contributed by atoms with Gasteiger partial charge in [-0.05, 0) is 17.9 Å². The van der Waals surface area contributed by atoms with Gasteiger partial charge in [-0.2, -0.15) is 0 Å². The Hall–Kier alpha value is -1.26. The summed E-state index contributed by atoms with van der Waals surface area (Å²) < 4.78 is 4.80. The van der Waals surface area contributed by atoms with Crippen LogP contribution in [0.15, 0.2) is 29.3 Å². The number of carbonyl (C=O) groups excluding carboxylic acids is 1. The van der Waals surface area contributed by atoms with Gasteiger partial charge in [0.25, 0.3) is 0 Å². The van der Waals surface area contributed by atoms with Gasteiger partial charge in [0.1, 0.15) is 0 Å². The van der Waals surface area contributed by atoms with Gasteiger partial charge < -0.3 is 4.74 Å². The standard InChI is InChI=1S/C13H12ClNO2S/c1-3-18-12-8-5-4-6-15-11(8)10(14)7-9(12)13(16)17-2/h4-7H,3H2,1-2H3. The summed E-state index contributed by atoms with van der Waals surface area (Å²) in [7, 11) is 1.37. The van der Waals surface area contributed by atoms with Crippen LogP contribution in [0.4, 0.5) is 0 Å². The number of ether oxygens (including phenoxy) is 1. The topological polar surface area (TPSA) is 39.2 Å². The van der Waals surface area contributed by atoms with Crippen molar-refractivity contribution in [1.29, 1.82) is 0 Å². The summed E-state index contributed by atoms with van der Waals surface area (Å²) in [6, 6.07) is 5.37. The lowest BCUT2D eigenvalue weighted by molar-refractivity contribution is 0.0597. The zero-order chi connectivity index (χ0) is 13.1. The van der Waals surface area contributed by atoms with E-state index in [0.717, 1.165) is 16.0 Å². The molecule has 5 heteroatoms. The third-order valence-electron chi connectivity index (χ3n) is 2.49. The molecule has 0 aliphatic carbocycles. The number of hydrogen-bond acceptors (Lipinski definition) is 4. The molecule has 0 aliphatic heterocycles. The van der Waals surface area contributed by atoms with Crippen LogP contribution in [-0.2, 0) is 4.74 Å². The second-order valence-electron chi connectivity index (χ2n) is 3.56. The van der Waals surface area contributed by atoms with Crippen molar-refractivity contribution in [3.8, 4) is 0 Å². The normalized spacial score (nSPS) is 10.6. The lowest BCUT2D eigenvalue weighted by Crippen LogP contribution is -2.04. The van der Waals surface area contributed by atoms with Crippen molar-refractivity contribution >= 4 is 40.2 Å². The van der Waals surface area contributed by atoms with Gasteiger partial charge in [-0.3, -0.25) is 4.98 Å². The third kappa shape index (κ3) is 2.31. The molecule has 3 nitrogen and oxygen atoms in total. The molecule has 0 saturated heterocycles. The lowest BCUT2D eigenvalue weighted by Gasteiger charge is -2.11. The zero-order valence-electron chi connectivity index (χ0n) is 10.1. The van der Waals surface area contributed by atoms with Gasteiger partial charge in [-0.15, -0.1) is 11.8 Å². The highest BCUT2D eigenvalue weighted by molar-refractivity contribution is 7.99. The molecule has 2 aromatic rings. The van der Waals surface area contributed by atoms with E-state index < -0.39 is 0 Å². The predicted molar refractivity (Wildman–Crippen MR) is 74.5 cm³/mol. The Balaban J connectivity index is 2.77. The lowest BCUT2D eigenvalue weighted by atomic mass is 10.1. The summed E-state index contributed by atoms with van der Waals surface area (Å²) >= 11 is 7.74. The maximum Gasteiger partial charge on any atom is 0.339 e. The van der Waals surface area contributed by atoms with Crippen LogP contribution in [-0.4, -0.2) is 23.8 Å². The van der Waals surface area contributed by atoms with Crippen LogP contribution in [0.1, 0.15) is 17.3 Å². The number of fused-ring (bicyclic) bond motifs is 1. The van der Waals surface area contributed by atoms with Gasteiger partial charge in [0.15, 0.2) is 0 Å². The second-order valence-corrected chi connectivity index (χ2v) is 5.24. The van der Waals surface area contributed by atoms with Crippen LogP contribution in [0.2, 0.25) is 5.02 Å². The number of methoxy groups -OCH3 is 1. The SMILES string of the molecule is CCSc1c(C(=O)OC)cc(Cl)c2ncccc12. The molecular weight excluding hydrogens is 270 g/mol. The second kappa shape index (κ2) is 5.59. The van der Waals surface area contributed by atoms with Crippen LogP contribution in [0, 0.1) is 0 Å². The highest BCUT2D eigenvalue weighted by Gasteiger charge is 2.17. The Bertz CT molecular complexity index is 601. The molecule has 18 heavy (non-hydrogen) atoms. The molecule has 0 atom stereocenters. The first kappa shape index (κ1) is 13.2. The van der Waals surface area contributed by atoms with Crippen molar-refractivity contribution in [2.24, 2.45) is 0 Å². The Labute approximate surface area is 114 Å². The molecule has 0 saturated carbocycles. The smallest absolute Gasteiger partial charge is 0.339 e. The summed E-state index contributed by atoms with van der Waals surface area (Å²) in [6.07, 6.45) is 1.69. The number of esters is 1. The first-order valence-corrected chi connectivity index (χ1v) is 6.83. The minimum atomic E-state index is -0.376. The molecule has 2 rings (SSSR count). The van der Waals surface area contributed by atoms with Gasteiger partial charge in [-0.1, -0.05) is 24.6 Å². The zero-order valence-corrected chi connectivity index (χ0v) is 11.6. The fourth-order valence-electron chi connectivity index (χ4n) is 1.75. The Morgan fingerprint density at radius 1 is 1.56 bits per heavy atom. The van der Waals surface area contributed by atoms with E-state index >= 15 is 0 Å². The number of benzene rings is 1. The van der Waals surface area contributed by atoms with E-state index in [9.17, 15) is 4.79 Å². The van der Waals surface area contributed by atoms with Gasteiger partial charge in [0, 0.05) is 16.5 Å².